The normalized spacial score (nSPS) is 24.0. The van der Waals surface area contributed by atoms with E-state index < -0.39 is 31.1 Å². The minimum Gasteiger partial charge on any atom is -0.394 e. The number of aliphatic hydroxyl groups excluding tert-OH is 3. The van der Waals surface area contributed by atoms with Crippen LogP contribution in [0.4, 0.5) is 5.82 Å². The van der Waals surface area contributed by atoms with Crippen LogP contribution in [0.3, 0.4) is 0 Å². The van der Waals surface area contributed by atoms with Crippen molar-refractivity contribution in [2.75, 3.05) is 11.9 Å². The Hall–Kier alpha value is -3.11. The van der Waals surface area contributed by atoms with E-state index in [0.717, 1.165) is 5.56 Å². The SMILES string of the molecule is OC[C@H]1O[C@@H](n2cnc3c(NCc4ccc5ccccc5c4)ncnc32)[C@H](O)[C@@H]1O. The van der Waals surface area contributed by atoms with Gasteiger partial charge in [0.25, 0.3) is 0 Å². The number of imidazole rings is 1. The third-order valence-electron chi connectivity index (χ3n) is 5.42. The molecule has 4 atom stereocenters. The van der Waals surface area contributed by atoms with Gasteiger partial charge in [-0.25, -0.2) is 15.0 Å². The molecule has 9 heteroatoms. The van der Waals surface area contributed by atoms with Gasteiger partial charge < -0.3 is 25.4 Å². The van der Waals surface area contributed by atoms with Crippen molar-refractivity contribution in [2.45, 2.75) is 31.1 Å². The van der Waals surface area contributed by atoms with Gasteiger partial charge in [-0.15, -0.1) is 0 Å². The molecule has 154 valence electrons. The van der Waals surface area contributed by atoms with Crippen LogP contribution in [0.15, 0.2) is 55.1 Å². The highest BCUT2D eigenvalue weighted by atomic mass is 16.6. The van der Waals surface area contributed by atoms with Crippen LogP contribution >= 0.6 is 0 Å². The molecule has 9 nitrogen and oxygen atoms in total. The van der Waals surface area contributed by atoms with Gasteiger partial charge in [-0.2, -0.15) is 0 Å². The molecule has 1 aliphatic heterocycles. The number of rotatable bonds is 5. The maximum Gasteiger partial charge on any atom is 0.167 e. The molecule has 0 unspecified atom stereocenters. The van der Waals surface area contributed by atoms with Crippen LogP contribution in [0.25, 0.3) is 21.9 Å². The van der Waals surface area contributed by atoms with E-state index in [1.807, 2.05) is 12.1 Å². The monoisotopic (exact) mass is 407 g/mol. The standard InChI is InChI=1S/C21H21N5O4/c27-9-15-17(28)18(29)21(30-15)26-11-25-16-19(23-10-24-20(16)26)22-8-12-5-6-13-3-1-2-4-14(13)7-12/h1-7,10-11,15,17-18,21,27-29H,8-9H2,(H,22,23,24)/t15-,17-,18-,21-/m1/s1. The number of aliphatic hydroxyl groups is 3. The third kappa shape index (κ3) is 3.17. The van der Waals surface area contributed by atoms with Crippen molar-refractivity contribution >= 4 is 27.8 Å². The topological polar surface area (TPSA) is 126 Å². The second-order valence-electron chi connectivity index (χ2n) is 7.31. The number of nitrogens with one attached hydrogen (secondary N) is 1. The molecule has 1 fully saturated rings. The molecule has 0 bridgehead atoms. The summed E-state index contributed by atoms with van der Waals surface area (Å²) in [6.07, 6.45) is -1.26. The third-order valence-corrected chi connectivity index (χ3v) is 5.42. The zero-order chi connectivity index (χ0) is 20.7. The van der Waals surface area contributed by atoms with Gasteiger partial charge in [-0.3, -0.25) is 4.57 Å². The Morgan fingerprint density at radius 2 is 1.83 bits per heavy atom. The average molecular weight is 407 g/mol. The second-order valence-corrected chi connectivity index (χ2v) is 7.31. The molecule has 0 amide bonds. The van der Waals surface area contributed by atoms with E-state index in [9.17, 15) is 15.3 Å². The second kappa shape index (κ2) is 7.62. The predicted octanol–water partition coefficient (Wildman–Crippen LogP) is 1.20. The van der Waals surface area contributed by atoms with Gasteiger partial charge in [0.15, 0.2) is 23.2 Å². The average Bonchev–Trinajstić information content (AvgIpc) is 3.33. The number of anilines is 1. The van der Waals surface area contributed by atoms with Crippen molar-refractivity contribution in [3.63, 3.8) is 0 Å². The summed E-state index contributed by atoms with van der Waals surface area (Å²) >= 11 is 0. The number of hydrogen-bond donors (Lipinski definition) is 4. The van der Waals surface area contributed by atoms with E-state index in [-0.39, 0.29) is 0 Å². The van der Waals surface area contributed by atoms with Gasteiger partial charge in [0.05, 0.1) is 12.9 Å². The minimum absolute atomic E-state index is 0.394. The van der Waals surface area contributed by atoms with E-state index in [0.29, 0.717) is 23.5 Å². The summed E-state index contributed by atoms with van der Waals surface area (Å²) in [7, 11) is 0. The highest BCUT2D eigenvalue weighted by molar-refractivity contribution is 5.84. The minimum atomic E-state index is -1.21. The van der Waals surface area contributed by atoms with E-state index >= 15 is 0 Å². The molecule has 2 aromatic heterocycles. The van der Waals surface area contributed by atoms with Crippen molar-refractivity contribution in [1.29, 1.82) is 0 Å². The molecule has 4 aromatic rings. The van der Waals surface area contributed by atoms with Crippen molar-refractivity contribution in [1.82, 2.24) is 19.5 Å². The van der Waals surface area contributed by atoms with E-state index in [1.54, 1.807) is 4.57 Å². The molecule has 30 heavy (non-hydrogen) atoms. The summed E-state index contributed by atoms with van der Waals surface area (Å²) in [5.41, 5.74) is 2.08. The Labute approximate surface area is 171 Å². The van der Waals surface area contributed by atoms with Gasteiger partial charge in [0, 0.05) is 6.54 Å². The van der Waals surface area contributed by atoms with Crippen molar-refractivity contribution in [3.8, 4) is 0 Å². The van der Waals surface area contributed by atoms with Crippen LogP contribution in [0.2, 0.25) is 0 Å². The fourth-order valence-corrected chi connectivity index (χ4v) is 3.81. The Balaban J connectivity index is 1.40. The first kappa shape index (κ1) is 18.9. The summed E-state index contributed by atoms with van der Waals surface area (Å²) in [6.45, 7) is 0.159. The number of nitrogens with zero attached hydrogens (tertiary/aromatic N) is 4. The van der Waals surface area contributed by atoms with Crippen molar-refractivity contribution in [3.05, 3.63) is 60.7 Å². The molecule has 1 saturated heterocycles. The number of benzene rings is 2. The Morgan fingerprint density at radius 3 is 2.63 bits per heavy atom. The van der Waals surface area contributed by atoms with E-state index in [4.69, 9.17) is 4.74 Å². The van der Waals surface area contributed by atoms with Crippen LogP contribution < -0.4 is 5.32 Å². The van der Waals surface area contributed by atoms with Gasteiger partial charge in [-0.05, 0) is 22.4 Å². The molecule has 4 N–H and O–H groups in total. The van der Waals surface area contributed by atoms with Gasteiger partial charge >= 0.3 is 0 Å². The van der Waals surface area contributed by atoms with Crippen molar-refractivity contribution in [2.24, 2.45) is 0 Å². The fourth-order valence-electron chi connectivity index (χ4n) is 3.81. The molecule has 2 aromatic carbocycles. The fraction of sp³-hybridized carbons (Fsp3) is 0.286. The maximum atomic E-state index is 10.3. The lowest BCUT2D eigenvalue weighted by Gasteiger charge is -2.16. The van der Waals surface area contributed by atoms with Crippen LogP contribution in [0, 0.1) is 0 Å². The quantitative estimate of drug-likeness (QED) is 0.389. The Kier molecular flexibility index (Phi) is 4.80. The van der Waals surface area contributed by atoms with Crippen LogP contribution in [0.5, 0.6) is 0 Å². The smallest absolute Gasteiger partial charge is 0.167 e. The summed E-state index contributed by atoms with van der Waals surface area (Å²) < 4.78 is 7.13. The molecule has 0 saturated carbocycles. The molecule has 3 heterocycles. The highest BCUT2D eigenvalue weighted by Crippen LogP contribution is 2.32. The van der Waals surface area contributed by atoms with Gasteiger partial charge in [0.2, 0.25) is 0 Å². The number of hydrogen-bond acceptors (Lipinski definition) is 8. The lowest BCUT2D eigenvalue weighted by molar-refractivity contribution is -0.0511. The zero-order valence-electron chi connectivity index (χ0n) is 16.0. The molecule has 5 rings (SSSR count). The first-order chi connectivity index (χ1) is 14.7. The summed E-state index contributed by atoms with van der Waals surface area (Å²) in [5.74, 6) is 0.554. The van der Waals surface area contributed by atoms with Gasteiger partial charge in [0.1, 0.15) is 24.6 Å². The van der Waals surface area contributed by atoms with Crippen LogP contribution in [-0.4, -0.2) is 59.8 Å². The molecule has 0 spiro atoms. The molecule has 0 radical (unpaired) electrons. The summed E-state index contributed by atoms with van der Waals surface area (Å²) in [4.78, 5) is 12.9. The molecule has 1 aliphatic rings. The zero-order valence-corrected chi connectivity index (χ0v) is 16.0. The number of fused-ring (bicyclic) bond motifs is 2. The Morgan fingerprint density at radius 1 is 1.00 bits per heavy atom. The number of ether oxygens (including phenoxy) is 1. The van der Waals surface area contributed by atoms with Crippen LogP contribution in [0.1, 0.15) is 11.8 Å². The number of aromatic nitrogens is 4. The lowest BCUT2D eigenvalue weighted by Crippen LogP contribution is -2.33. The largest absolute Gasteiger partial charge is 0.394 e. The molecular formula is C21H21N5O4. The van der Waals surface area contributed by atoms with E-state index in [2.05, 4.69) is 50.6 Å². The van der Waals surface area contributed by atoms with Crippen molar-refractivity contribution < 1.29 is 20.1 Å². The van der Waals surface area contributed by atoms with Gasteiger partial charge in [-0.1, -0.05) is 36.4 Å². The summed E-state index contributed by atoms with van der Waals surface area (Å²) in [6, 6.07) is 14.4. The summed E-state index contributed by atoms with van der Waals surface area (Å²) in [5, 5.41) is 35.3. The highest BCUT2D eigenvalue weighted by Gasteiger charge is 2.44. The predicted molar refractivity (Wildman–Crippen MR) is 110 cm³/mol. The maximum absolute atomic E-state index is 10.3. The first-order valence-electron chi connectivity index (χ1n) is 9.67. The first-order valence-corrected chi connectivity index (χ1v) is 9.67. The lowest BCUT2D eigenvalue weighted by atomic mass is 10.1. The molecular weight excluding hydrogens is 386 g/mol. The Bertz CT molecular complexity index is 1200. The van der Waals surface area contributed by atoms with E-state index in [1.165, 1.54) is 23.4 Å². The van der Waals surface area contributed by atoms with Crippen LogP contribution in [-0.2, 0) is 11.3 Å². The molecule has 0 aliphatic carbocycles.